The minimum Gasteiger partial charge on any atom is -0.368 e. The first-order valence-electron chi connectivity index (χ1n) is 9.29. The minimum atomic E-state index is 0. The maximum absolute atomic E-state index is 4.87. The van der Waals surface area contributed by atoms with Crippen molar-refractivity contribution in [1.29, 1.82) is 0 Å². The van der Waals surface area contributed by atoms with Crippen molar-refractivity contribution in [2.75, 3.05) is 11.9 Å². The summed E-state index contributed by atoms with van der Waals surface area (Å²) < 4.78 is 2.25. The maximum atomic E-state index is 4.87. The summed E-state index contributed by atoms with van der Waals surface area (Å²) in [5, 5.41) is 3.34. The lowest BCUT2D eigenvalue weighted by atomic mass is 9.89. The van der Waals surface area contributed by atoms with Crippen LogP contribution in [0.25, 0.3) is 11.5 Å². The molecular formula is C18H28ClN5. The second-order valence-electron chi connectivity index (χ2n) is 7.24. The van der Waals surface area contributed by atoms with E-state index in [-0.39, 0.29) is 12.4 Å². The van der Waals surface area contributed by atoms with Crippen molar-refractivity contribution >= 4 is 18.2 Å². The molecule has 5 nitrogen and oxygen atoms in total. The van der Waals surface area contributed by atoms with E-state index in [4.69, 9.17) is 9.97 Å². The van der Waals surface area contributed by atoms with Gasteiger partial charge in [-0.2, -0.15) is 0 Å². The third-order valence-corrected chi connectivity index (χ3v) is 5.20. The van der Waals surface area contributed by atoms with Gasteiger partial charge in [0.15, 0.2) is 17.3 Å². The van der Waals surface area contributed by atoms with Crippen molar-refractivity contribution in [3.05, 3.63) is 12.2 Å². The summed E-state index contributed by atoms with van der Waals surface area (Å²) in [7, 11) is 0. The molecule has 0 aromatic rings. The second-order valence-corrected chi connectivity index (χ2v) is 7.24. The van der Waals surface area contributed by atoms with Gasteiger partial charge in [0.2, 0.25) is 0 Å². The SMILES string of the molecule is CCNc1ncn(CC2CCCCC2)c2nc(CC3CC3)nc1-2.Cl. The van der Waals surface area contributed by atoms with Crippen LogP contribution < -0.4 is 5.32 Å². The van der Waals surface area contributed by atoms with Crippen LogP contribution in [0, 0.1) is 11.8 Å². The molecule has 1 N–H and O–H groups in total. The smallest absolute Gasteiger partial charge is 0.165 e. The fraction of sp³-hybridized carbons (Fsp3) is 0.722. The molecule has 0 spiro atoms. The van der Waals surface area contributed by atoms with E-state index < -0.39 is 0 Å². The first kappa shape index (κ1) is 17.5. The summed E-state index contributed by atoms with van der Waals surface area (Å²) in [6.45, 7) is 4.00. The zero-order chi connectivity index (χ0) is 15.6. The predicted octanol–water partition coefficient (Wildman–Crippen LogP) is 4.16. The van der Waals surface area contributed by atoms with Gasteiger partial charge in [0.25, 0.3) is 0 Å². The third-order valence-electron chi connectivity index (χ3n) is 5.20. The molecule has 0 aromatic heterocycles. The molecule has 4 rings (SSSR count). The van der Waals surface area contributed by atoms with Crippen LogP contribution in [0.3, 0.4) is 0 Å². The highest BCUT2D eigenvalue weighted by atomic mass is 35.5. The van der Waals surface area contributed by atoms with Gasteiger partial charge < -0.3 is 9.88 Å². The van der Waals surface area contributed by atoms with Gasteiger partial charge in [0.1, 0.15) is 5.82 Å². The molecule has 0 bridgehead atoms. The lowest BCUT2D eigenvalue weighted by Crippen LogP contribution is -2.17. The molecule has 6 heteroatoms. The summed E-state index contributed by atoms with van der Waals surface area (Å²) in [5.41, 5.74) is 0.959. The highest BCUT2D eigenvalue weighted by molar-refractivity contribution is 5.85. The Bertz CT molecular complexity index is 631. The number of aromatic nitrogens is 4. The van der Waals surface area contributed by atoms with E-state index in [9.17, 15) is 0 Å². The molecule has 132 valence electrons. The quantitative estimate of drug-likeness (QED) is 0.850. The van der Waals surface area contributed by atoms with Crippen LogP contribution in [-0.4, -0.2) is 26.1 Å². The van der Waals surface area contributed by atoms with Gasteiger partial charge in [-0.1, -0.05) is 19.3 Å². The average Bonchev–Trinajstić information content (AvgIpc) is 3.27. The molecule has 2 aliphatic heterocycles. The van der Waals surface area contributed by atoms with Gasteiger partial charge in [-0.05, 0) is 44.4 Å². The Hall–Kier alpha value is -1.36. The van der Waals surface area contributed by atoms with Gasteiger partial charge in [-0.15, -0.1) is 12.4 Å². The molecule has 0 amide bonds. The zero-order valence-corrected chi connectivity index (χ0v) is 15.3. The van der Waals surface area contributed by atoms with Crippen LogP contribution in [0.5, 0.6) is 0 Å². The molecule has 24 heavy (non-hydrogen) atoms. The van der Waals surface area contributed by atoms with Crippen molar-refractivity contribution in [2.45, 2.75) is 64.8 Å². The van der Waals surface area contributed by atoms with E-state index in [1.807, 2.05) is 6.33 Å². The molecule has 0 atom stereocenters. The number of hydrogen-bond acceptors (Lipinski definition) is 4. The van der Waals surface area contributed by atoms with E-state index in [1.165, 1.54) is 44.9 Å². The number of fused-ring (bicyclic) bond motifs is 1. The van der Waals surface area contributed by atoms with Gasteiger partial charge in [-0.3, -0.25) is 0 Å². The summed E-state index contributed by atoms with van der Waals surface area (Å²) in [6.07, 6.45) is 12.5. The molecule has 0 unspecified atom stereocenters. The summed E-state index contributed by atoms with van der Waals surface area (Å²) in [4.78, 5) is 14.3. The van der Waals surface area contributed by atoms with E-state index >= 15 is 0 Å². The highest BCUT2D eigenvalue weighted by Gasteiger charge is 2.27. The van der Waals surface area contributed by atoms with Crippen LogP contribution in [0.15, 0.2) is 6.33 Å². The summed E-state index contributed by atoms with van der Waals surface area (Å²) in [6, 6.07) is 0. The van der Waals surface area contributed by atoms with Crippen molar-refractivity contribution in [2.24, 2.45) is 11.8 Å². The van der Waals surface area contributed by atoms with Crippen molar-refractivity contribution in [1.82, 2.24) is 19.5 Å². The Kier molecular flexibility index (Phi) is 5.59. The summed E-state index contributed by atoms with van der Waals surface area (Å²) in [5.74, 6) is 4.50. The number of halogens is 1. The van der Waals surface area contributed by atoms with Gasteiger partial charge in [0, 0.05) is 19.5 Å². The molecule has 0 aromatic carbocycles. The fourth-order valence-electron chi connectivity index (χ4n) is 3.73. The average molecular weight is 350 g/mol. The molecule has 2 fully saturated rings. The van der Waals surface area contributed by atoms with Crippen LogP contribution >= 0.6 is 12.4 Å². The third kappa shape index (κ3) is 3.82. The van der Waals surface area contributed by atoms with E-state index in [0.29, 0.717) is 0 Å². The maximum Gasteiger partial charge on any atom is 0.165 e. The molecule has 2 aliphatic carbocycles. The zero-order valence-electron chi connectivity index (χ0n) is 14.5. The lowest BCUT2D eigenvalue weighted by molar-refractivity contribution is 0.318. The van der Waals surface area contributed by atoms with Crippen LogP contribution in [0.2, 0.25) is 0 Å². The summed E-state index contributed by atoms with van der Waals surface area (Å²) >= 11 is 0. The van der Waals surface area contributed by atoms with E-state index in [2.05, 4.69) is 21.8 Å². The standard InChI is InChI=1S/C18H27N5.ClH/c1-2-19-17-16-18(22-15(21-16)10-13-8-9-13)23(12-20-17)11-14-6-4-3-5-7-14;/h12-14,19H,2-11H2,1H3;1H. The van der Waals surface area contributed by atoms with Gasteiger partial charge in [0.05, 0.1) is 6.33 Å². The fourth-order valence-corrected chi connectivity index (χ4v) is 3.73. The Balaban J connectivity index is 0.00000169. The second kappa shape index (κ2) is 7.68. The first-order valence-corrected chi connectivity index (χ1v) is 9.29. The van der Waals surface area contributed by atoms with Crippen molar-refractivity contribution in [3.63, 3.8) is 0 Å². The Morgan fingerprint density at radius 1 is 1.08 bits per heavy atom. The molecular weight excluding hydrogens is 322 g/mol. The number of imidazole rings is 1. The Morgan fingerprint density at radius 3 is 2.58 bits per heavy atom. The Labute approximate surface area is 150 Å². The molecule has 2 saturated carbocycles. The minimum absolute atomic E-state index is 0. The monoisotopic (exact) mass is 349 g/mol. The van der Waals surface area contributed by atoms with Gasteiger partial charge >= 0.3 is 0 Å². The van der Waals surface area contributed by atoms with E-state index in [1.54, 1.807) is 0 Å². The molecule has 2 heterocycles. The van der Waals surface area contributed by atoms with Crippen molar-refractivity contribution in [3.8, 4) is 11.5 Å². The van der Waals surface area contributed by atoms with E-state index in [0.717, 1.165) is 54.5 Å². The topological polar surface area (TPSA) is 55.6 Å². The molecule has 0 saturated heterocycles. The molecule has 0 radical (unpaired) electrons. The number of anilines is 1. The first-order chi connectivity index (χ1) is 11.3. The van der Waals surface area contributed by atoms with Crippen LogP contribution in [0.4, 0.5) is 5.82 Å². The number of rotatable bonds is 6. The predicted molar refractivity (Wildman–Crippen MR) is 98.9 cm³/mol. The Morgan fingerprint density at radius 2 is 1.88 bits per heavy atom. The van der Waals surface area contributed by atoms with Gasteiger partial charge in [-0.25, -0.2) is 15.0 Å². The number of hydrogen-bond donors (Lipinski definition) is 1. The largest absolute Gasteiger partial charge is 0.368 e. The lowest BCUT2D eigenvalue weighted by Gasteiger charge is -2.23. The van der Waals surface area contributed by atoms with Crippen LogP contribution in [0.1, 0.15) is 57.7 Å². The number of nitrogens with zero attached hydrogens (tertiary/aromatic N) is 4. The molecule has 4 aliphatic rings. The van der Waals surface area contributed by atoms with Crippen LogP contribution in [-0.2, 0) is 13.0 Å². The normalized spacial score (nSPS) is 18.5. The van der Waals surface area contributed by atoms with Crippen molar-refractivity contribution < 1.29 is 0 Å². The highest BCUT2D eigenvalue weighted by Crippen LogP contribution is 2.34. The number of nitrogens with one attached hydrogen (secondary N) is 1.